The first-order valence-electron chi connectivity index (χ1n) is 8.54. The van der Waals surface area contributed by atoms with Crippen LogP contribution in [0.5, 0.6) is 0 Å². The first-order valence-corrected chi connectivity index (χ1v) is 9.48. The van der Waals surface area contributed by atoms with Crippen LogP contribution in [-0.2, 0) is 0 Å². The molecule has 0 aromatic rings. The highest BCUT2D eigenvalue weighted by Crippen LogP contribution is 2.57. The summed E-state index contributed by atoms with van der Waals surface area (Å²) in [6, 6.07) is 0. The highest BCUT2D eigenvalue weighted by molar-refractivity contribution is 8.00. The molecule has 6 unspecified atom stereocenters. The second-order valence-electron chi connectivity index (χ2n) is 7.17. The summed E-state index contributed by atoms with van der Waals surface area (Å²) in [7, 11) is 0. The molecule has 1 aliphatic heterocycles. The summed E-state index contributed by atoms with van der Waals surface area (Å²) in [4.78, 5) is 0. The normalized spacial score (nSPS) is 50.1. The van der Waals surface area contributed by atoms with Crippen molar-refractivity contribution in [1.29, 1.82) is 0 Å². The van der Waals surface area contributed by atoms with E-state index in [2.05, 4.69) is 38.3 Å². The van der Waals surface area contributed by atoms with Gasteiger partial charge < -0.3 is 0 Å². The molecule has 0 radical (unpaired) electrons. The molecule has 0 amide bonds. The maximum atomic E-state index is 4.21. The number of hydrogen-bond acceptors (Lipinski definition) is 1. The van der Waals surface area contributed by atoms with Gasteiger partial charge in [0.05, 0.1) is 0 Å². The van der Waals surface area contributed by atoms with Gasteiger partial charge >= 0.3 is 0 Å². The van der Waals surface area contributed by atoms with Gasteiger partial charge in [-0.2, -0.15) is 11.8 Å². The van der Waals surface area contributed by atoms with Gasteiger partial charge in [0.15, 0.2) is 0 Å². The molecule has 2 aliphatic carbocycles. The number of rotatable bonds is 2. The van der Waals surface area contributed by atoms with Gasteiger partial charge in [0, 0.05) is 10.5 Å². The molecule has 3 aliphatic rings. The van der Waals surface area contributed by atoms with Crippen LogP contribution < -0.4 is 0 Å². The van der Waals surface area contributed by atoms with Crippen LogP contribution in [-0.4, -0.2) is 10.5 Å². The van der Waals surface area contributed by atoms with Crippen molar-refractivity contribution >= 4 is 11.8 Å². The van der Waals surface area contributed by atoms with Crippen LogP contribution in [0, 0.1) is 29.6 Å². The van der Waals surface area contributed by atoms with E-state index in [9.17, 15) is 0 Å². The van der Waals surface area contributed by atoms with Gasteiger partial charge in [0.2, 0.25) is 0 Å². The minimum atomic E-state index is 0.771. The van der Waals surface area contributed by atoms with Crippen molar-refractivity contribution < 1.29 is 0 Å². The highest BCUT2D eigenvalue weighted by atomic mass is 32.2. The molecule has 0 bridgehead atoms. The Bertz CT molecular complexity index is 324. The van der Waals surface area contributed by atoms with Crippen molar-refractivity contribution in [3.05, 3.63) is 12.7 Å². The molecule has 7 atom stereocenters. The molecule has 1 heterocycles. The molecule has 2 saturated carbocycles. The predicted molar refractivity (Wildman–Crippen MR) is 86.5 cm³/mol. The van der Waals surface area contributed by atoms with E-state index in [1.54, 1.807) is 0 Å². The molecule has 0 spiro atoms. The minimum Gasteiger partial charge on any atom is -0.154 e. The third kappa shape index (κ3) is 2.41. The standard InChI is InChI=1S/C18H30S/c1-4-13-10-11-16-15-8-6-7-9-17(15)19-18(16)14(5-2)12(13)3/h5,12-18H,2,4,6-11H2,1,3H3/t12-,13?,14?,15?,16?,17?,18?/m0/s1. The van der Waals surface area contributed by atoms with Crippen molar-refractivity contribution in [2.75, 3.05) is 0 Å². The predicted octanol–water partition coefficient (Wildman–Crippen LogP) is 5.54. The zero-order chi connectivity index (χ0) is 13.4. The van der Waals surface area contributed by atoms with Gasteiger partial charge in [-0.1, -0.05) is 39.2 Å². The summed E-state index contributed by atoms with van der Waals surface area (Å²) in [5.74, 6) is 4.63. The lowest BCUT2D eigenvalue weighted by atomic mass is 9.74. The smallest absolute Gasteiger partial charge is 0.0147 e. The molecule has 0 aromatic carbocycles. The molecule has 0 aromatic heterocycles. The van der Waals surface area contributed by atoms with Crippen LogP contribution in [0.3, 0.4) is 0 Å². The van der Waals surface area contributed by atoms with Crippen LogP contribution in [0.25, 0.3) is 0 Å². The monoisotopic (exact) mass is 278 g/mol. The SMILES string of the molecule is C=CC1C2SC3CCCCC3C2CCC(CC)[C@@H]1C. The fourth-order valence-electron chi connectivity index (χ4n) is 5.29. The quantitative estimate of drug-likeness (QED) is 0.598. The van der Waals surface area contributed by atoms with Crippen LogP contribution >= 0.6 is 11.8 Å². The van der Waals surface area contributed by atoms with Crippen molar-refractivity contribution in [2.45, 2.75) is 69.3 Å². The van der Waals surface area contributed by atoms with Crippen molar-refractivity contribution in [3.63, 3.8) is 0 Å². The summed E-state index contributed by atoms with van der Waals surface area (Å²) >= 11 is 2.37. The van der Waals surface area contributed by atoms with E-state index in [1.807, 2.05) is 0 Å². The Morgan fingerprint density at radius 2 is 1.89 bits per heavy atom. The minimum absolute atomic E-state index is 0.771. The highest BCUT2D eigenvalue weighted by Gasteiger charge is 2.49. The molecular formula is C18H30S. The van der Waals surface area contributed by atoms with Gasteiger partial charge in [0.1, 0.15) is 0 Å². The number of fused-ring (bicyclic) bond motifs is 3. The molecule has 0 N–H and O–H groups in total. The van der Waals surface area contributed by atoms with Gasteiger partial charge in [0.25, 0.3) is 0 Å². The maximum absolute atomic E-state index is 4.21. The zero-order valence-corrected chi connectivity index (χ0v) is 13.5. The van der Waals surface area contributed by atoms with E-state index < -0.39 is 0 Å². The number of hydrogen-bond donors (Lipinski definition) is 0. The summed E-state index contributed by atoms with van der Waals surface area (Å²) in [5, 5.41) is 1.90. The third-order valence-corrected chi connectivity index (χ3v) is 8.37. The second kappa shape index (κ2) is 5.84. The van der Waals surface area contributed by atoms with E-state index >= 15 is 0 Å². The average molecular weight is 279 g/mol. The van der Waals surface area contributed by atoms with Crippen molar-refractivity contribution in [3.8, 4) is 0 Å². The molecule has 3 rings (SSSR count). The first kappa shape index (κ1) is 14.0. The zero-order valence-electron chi connectivity index (χ0n) is 12.7. The largest absolute Gasteiger partial charge is 0.154 e. The van der Waals surface area contributed by atoms with Gasteiger partial charge in [-0.15, -0.1) is 6.58 Å². The average Bonchev–Trinajstić information content (AvgIpc) is 2.73. The lowest BCUT2D eigenvalue weighted by Crippen LogP contribution is -2.28. The van der Waals surface area contributed by atoms with Crippen LogP contribution in [0.15, 0.2) is 12.7 Å². The summed E-state index contributed by atoms with van der Waals surface area (Å²) in [6.07, 6.45) is 12.7. The molecule has 0 nitrogen and oxygen atoms in total. The third-order valence-electron chi connectivity index (χ3n) is 6.45. The van der Waals surface area contributed by atoms with Gasteiger partial charge in [-0.05, 0) is 55.3 Å². The lowest BCUT2D eigenvalue weighted by molar-refractivity contribution is 0.250. The maximum Gasteiger partial charge on any atom is 0.0147 e. The molecule has 3 fully saturated rings. The van der Waals surface area contributed by atoms with E-state index in [4.69, 9.17) is 0 Å². The molecule has 108 valence electrons. The Balaban J connectivity index is 1.84. The lowest BCUT2D eigenvalue weighted by Gasteiger charge is -2.30. The van der Waals surface area contributed by atoms with Crippen LogP contribution in [0.1, 0.15) is 58.8 Å². The first-order chi connectivity index (χ1) is 9.26. The number of thioether (sulfide) groups is 1. The molecule has 1 heteroatoms. The summed E-state index contributed by atoms with van der Waals surface area (Å²) in [6.45, 7) is 9.10. The van der Waals surface area contributed by atoms with Crippen LogP contribution in [0.2, 0.25) is 0 Å². The Labute approximate surface area is 123 Å². The molecule has 19 heavy (non-hydrogen) atoms. The van der Waals surface area contributed by atoms with Gasteiger partial charge in [-0.25, -0.2) is 0 Å². The van der Waals surface area contributed by atoms with E-state index in [-0.39, 0.29) is 0 Å². The second-order valence-corrected chi connectivity index (χ2v) is 8.59. The van der Waals surface area contributed by atoms with Crippen molar-refractivity contribution in [1.82, 2.24) is 0 Å². The Morgan fingerprint density at radius 1 is 1.11 bits per heavy atom. The number of allylic oxidation sites excluding steroid dienone is 1. The summed E-state index contributed by atoms with van der Waals surface area (Å²) in [5.41, 5.74) is 0. The summed E-state index contributed by atoms with van der Waals surface area (Å²) < 4.78 is 0. The molecule has 1 saturated heterocycles. The topological polar surface area (TPSA) is 0 Å². The van der Waals surface area contributed by atoms with E-state index in [0.717, 1.165) is 40.1 Å². The fraction of sp³-hybridized carbons (Fsp3) is 0.889. The Kier molecular flexibility index (Phi) is 4.31. The fourth-order valence-corrected chi connectivity index (χ4v) is 7.62. The van der Waals surface area contributed by atoms with Crippen LogP contribution in [0.4, 0.5) is 0 Å². The Morgan fingerprint density at radius 3 is 2.63 bits per heavy atom. The van der Waals surface area contributed by atoms with E-state index in [0.29, 0.717) is 0 Å². The molecular weight excluding hydrogens is 248 g/mol. The van der Waals surface area contributed by atoms with E-state index in [1.165, 1.54) is 44.9 Å². The van der Waals surface area contributed by atoms with Crippen molar-refractivity contribution in [2.24, 2.45) is 29.6 Å². The van der Waals surface area contributed by atoms with Gasteiger partial charge in [-0.3, -0.25) is 0 Å². The Hall–Kier alpha value is 0.0900.